The van der Waals surface area contributed by atoms with Crippen LogP contribution in [0.5, 0.6) is 11.5 Å². The Bertz CT molecular complexity index is 395. The summed E-state index contributed by atoms with van der Waals surface area (Å²) in [6, 6.07) is 5.42. The summed E-state index contributed by atoms with van der Waals surface area (Å²) in [6.45, 7) is 7.46. The quantitative estimate of drug-likeness (QED) is 0.640. The Balaban J connectivity index is 2.71. The molecule has 1 aromatic carbocycles. The van der Waals surface area contributed by atoms with E-state index in [9.17, 15) is 5.11 Å². The Morgan fingerprint density at radius 2 is 1.70 bits per heavy atom. The normalized spacial score (nSPS) is 13.8. The largest absolute Gasteiger partial charge is 0.490 e. The molecule has 0 aliphatic carbocycles. The average Bonchev–Trinajstić information content (AvgIpc) is 2.40. The second-order valence-electron chi connectivity index (χ2n) is 4.60. The summed E-state index contributed by atoms with van der Waals surface area (Å²) in [5.41, 5.74) is 0.759. The lowest BCUT2D eigenvalue weighted by Gasteiger charge is -2.16. The molecule has 3 N–H and O–H groups in total. The van der Waals surface area contributed by atoms with Crippen LogP contribution in [0.2, 0.25) is 0 Å². The van der Waals surface area contributed by atoms with E-state index in [0.717, 1.165) is 5.56 Å². The highest BCUT2D eigenvalue weighted by molar-refractivity contribution is 5.43. The van der Waals surface area contributed by atoms with Crippen LogP contribution < -0.4 is 14.8 Å². The number of hydrogen-bond donors (Lipinski definition) is 3. The van der Waals surface area contributed by atoms with E-state index in [1.807, 2.05) is 26.0 Å². The van der Waals surface area contributed by atoms with Crippen molar-refractivity contribution in [3.63, 3.8) is 0 Å². The predicted octanol–water partition coefficient (Wildman–Crippen LogP) is 1.49. The monoisotopic (exact) mass is 283 g/mol. The van der Waals surface area contributed by atoms with E-state index in [1.54, 1.807) is 13.0 Å². The number of nitrogens with one attached hydrogen (secondary N) is 1. The molecule has 5 nitrogen and oxygen atoms in total. The van der Waals surface area contributed by atoms with E-state index < -0.39 is 12.2 Å². The van der Waals surface area contributed by atoms with Gasteiger partial charge in [-0.1, -0.05) is 6.07 Å². The van der Waals surface area contributed by atoms with E-state index in [1.165, 1.54) is 0 Å². The molecule has 5 heteroatoms. The first-order chi connectivity index (χ1) is 9.58. The van der Waals surface area contributed by atoms with Gasteiger partial charge in [-0.25, -0.2) is 0 Å². The van der Waals surface area contributed by atoms with Crippen molar-refractivity contribution in [1.29, 1.82) is 0 Å². The zero-order valence-electron chi connectivity index (χ0n) is 12.4. The Kier molecular flexibility index (Phi) is 7.36. The minimum absolute atomic E-state index is 0.379. The fourth-order valence-corrected chi connectivity index (χ4v) is 1.82. The van der Waals surface area contributed by atoms with Gasteiger partial charge >= 0.3 is 0 Å². The lowest BCUT2D eigenvalue weighted by atomic mass is 10.1. The van der Waals surface area contributed by atoms with Crippen LogP contribution in [0, 0.1) is 0 Å². The maximum absolute atomic E-state index is 10.1. The van der Waals surface area contributed by atoms with Gasteiger partial charge < -0.3 is 25.0 Å². The first kappa shape index (κ1) is 16.8. The van der Waals surface area contributed by atoms with Crippen molar-refractivity contribution < 1.29 is 19.7 Å². The van der Waals surface area contributed by atoms with Gasteiger partial charge in [-0.2, -0.15) is 0 Å². The van der Waals surface area contributed by atoms with Crippen LogP contribution in [-0.4, -0.2) is 42.6 Å². The van der Waals surface area contributed by atoms with Crippen LogP contribution in [0.3, 0.4) is 0 Å². The van der Waals surface area contributed by atoms with Crippen LogP contribution in [-0.2, 0) is 0 Å². The lowest BCUT2D eigenvalue weighted by Crippen LogP contribution is -2.28. The van der Waals surface area contributed by atoms with Crippen LogP contribution in [0.25, 0.3) is 0 Å². The molecule has 2 atom stereocenters. The van der Waals surface area contributed by atoms with Crippen molar-refractivity contribution in [3.8, 4) is 11.5 Å². The zero-order chi connectivity index (χ0) is 15.0. The molecule has 0 fully saturated rings. The Labute approximate surface area is 120 Å². The van der Waals surface area contributed by atoms with Gasteiger partial charge in [-0.3, -0.25) is 0 Å². The maximum atomic E-state index is 10.1. The molecule has 0 radical (unpaired) electrons. The summed E-state index contributed by atoms with van der Waals surface area (Å²) in [7, 11) is 0. The highest BCUT2D eigenvalue weighted by Gasteiger charge is 2.12. The smallest absolute Gasteiger partial charge is 0.161 e. The molecule has 20 heavy (non-hydrogen) atoms. The molecule has 0 bridgehead atoms. The van der Waals surface area contributed by atoms with Crippen molar-refractivity contribution in [2.24, 2.45) is 0 Å². The summed E-state index contributed by atoms with van der Waals surface area (Å²) in [5.74, 6) is 1.32. The summed E-state index contributed by atoms with van der Waals surface area (Å²) in [6.07, 6.45) is -1.08. The first-order valence-electron chi connectivity index (χ1n) is 7.04. The first-order valence-corrected chi connectivity index (χ1v) is 7.04. The van der Waals surface area contributed by atoms with Crippen LogP contribution in [0.1, 0.15) is 32.4 Å². The fraction of sp³-hybridized carbons (Fsp3) is 0.600. The van der Waals surface area contributed by atoms with E-state index in [-0.39, 0.29) is 0 Å². The lowest BCUT2D eigenvalue weighted by molar-refractivity contribution is 0.154. The summed E-state index contributed by atoms with van der Waals surface area (Å²) in [4.78, 5) is 0. The second-order valence-corrected chi connectivity index (χ2v) is 4.60. The Hall–Kier alpha value is -1.30. The number of rotatable bonds is 9. The van der Waals surface area contributed by atoms with Gasteiger partial charge in [0.15, 0.2) is 11.5 Å². The second kappa shape index (κ2) is 8.79. The molecule has 114 valence electrons. The van der Waals surface area contributed by atoms with Crippen molar-refractivity contribution in [2.75, 3.05) is 26.3 Å². The van der Waals surface area contributed by atoms with Crippen molar-refractivity contribution in [3.05, 3.63) is 23.8 Å². The van der Waals surface area contributed by atoms with Crippen LogP contribution in [0.15, 0.2) is 18.2 Å². The third-order valence-electron chi connectivity index (χ3n) is 2.73. The van der Waals surface area contributed by atoms with Gasteiger partial charge in [0, 0.05) is 13.1 Å². The van der Waals surface area contributed by atoms with E-state index in [2.05, 4.69) is 5.32 Å². The Morgan fingerprint density at radius 3 is 2.30 bits per heavy atom. The SMILES string of the molecule is CCOc1ccc(C(O)CNCC(C)O)cc1OCC. The van der Waals surface area contributed by atoms with Crippen LogP contribution >= 0.6 is 0 Å². The molecule has 0 saturated carbocycles. The van der Waals surface area contributed by atoms with Gasteiger partial charge in [-0.05, 0) is 38.5 Å². The molecule has 0 amide bonds. The molecule has 1 aromatic rings. The van der Waals surface area contributed by atoms with E-state index in [0.29, 0.717) is 37.8 Å². The standard InChI is InChI=1S/C15H25NO4/c1-4-19-14-7-6-12(8-15(14)20-5-2)13(18)10-16-9-11(3)17/h6-8,11,13,16-18H,4-5,9-10H2,1-3H3. The van der Waals surface area contributed by atoms with Crippen LogP contribution in [0.4, 0.5) is 0 Å². The van der Waals surface area contributed by atoms with Gasteiger partial charge in [0.2, 0.25) is 0 Å². The Morgan fingerprint density at radius 1 is 1.05 bits per heavy atom. The topological polar surface area (TPSA) is 71.0 Å². The van der Waals surface area contributed by atoms with Gasteiger partial charge in [0.25, 0.3) is 0 Å². The molecule has 0 aliphatic rings. The maximum Gasteiger partial charge on any atom is 0.161 e. The number of hydrogen-bond acceptors (Lipinski definition) is 5. The third kappa shape index (κ3) is 5.36. The molecule has 0 aliphatic heterocycles. The molecular weight excluding hydrogens is 258 g/mol. The molecular formula is C15H25NO4. The van der Waals surface area contributed by atoms with E-state index >= 15 is 0 Å². The number of ether oxygens (including phenoxy) is 2. The van der Waals surface area contributed by atoms with Gasteiger partial charge in [0.05, 0.1) is 25.4 Å². The number of aliphatic hydroxyl groups excluding tert-OH is 2. The molecule has 0 heterocycles. The summed E-state index contributed by atoms with van der Waals surface area (Å²) < 4.78 is 11.0. The molecule has 0 aromatic heterocycles. The average molecular weight is 283 g/mol. The van der Waals surface area contributed by atoms with E-state index in [4.69, 9.17) is 14.6 Å². The molecule has 0 saturated heterocycles. The number of aliphatic hydroxyl groups is 2. The molecule has 2 unspecified atom stereocenters. The minimum atomic E-state index is -0.649. The summed E-state index contributed by atoms with van der Waals surface area (Å²) >= 11 is 0. The fourth-order valence-electron chi connectivity index (χ4n) is 1.82. The minimum Gasteiger partial charge on any atom is -0.490 e. The zero-order valence-corrected chi connectivity index (χ0v) is 12.4. The molecule has 0 spiro atoms. The van der Waals surface area contributed by atoms with Gasteiger partial charge in [0.1, 0.15) is 0 Å². The highest BCUT2D eigenvalue weighted by Crippen LogP contribution is 2.30. The predicted molar refractivity (Wildman–Crippen MR) is 78.3 cm³/mol. The molecule has 1 rings (SSSR count). The van der Waals surface area contributed by atoms with Crippen molar-refractivity contribution in [1.82, 2.24) is 5.32 Å². The summed E-state index contributed by atoms with van der Waals surface area (Å²) in [5, 5.41) is 22.3. The highest BCUT2D eigenvalue weighted by atomic mass is 16.5. The number of benzene rings is 1. The van der Waals surface area contributed by atoms with Gasteiger partial charge in [-0.15, -0.1) is 0 Å². The van der Waals surface area contributed by atoms with Crippen molar-refractivity contribution >= 4 is 0 Å². The van der Waals surface area contributed by atoms with Crippen molar-refractivity contribution in [2.45, 2.75) is 33.0 Å². The third-order valence-corrected chi connectivity index (χ3v) is 2.73.